The molecule has 0 fully saturated rings. The molecule has 0 N–H and O–H groups in total. The van der Waals surface area contributed by atoms with Crippen molar-refractivity contribution < 1.29 is 14.3 Å². The second-order valence-electron chi connectivity index (χ2n) is 6.90. The van der Waals surface area contributed by atoms with E-state index in [1.54, 1.807) is 0 Å². The molecule has 0 aliphatic carbocycles. The molecule has 0 atom stereocenters. The van der Waals surface area contributed by atoms with E-state index in [9.17, 15) is 4.79 Å². The summed E-state index contributed by atoms with van der Waals surface area (Å²) in [6.45, 7) is 5.40. The highest BCUT2D eigenvalue weighted by atomic mass is 16.7. The second-order valence-corrected chi connectivity index (χ2v) is 6.90. The molecule has 24 heavy (non-hydrogen) atoms. The summed E-state index contributed by atoms with van der Waals surface area (Å²) in [6, 6.07) is 0. The van der Waals surface area contributed by atoms with Crippen molar-refractivity contribution in [3.63, 3.8) is 0 Å². The molecular formula is C21H42O3. The highest BCUT2D eigenvalue weighted by Crippen LogP contribution is 2.12. The third-order valence-electron chi connectivity index (χ3n) is 4.44. The van der Waals surface area contributed by atoms with Crippen molar-refractivity contribution in [3.8, 4) is 0 Å². The fourth-order valence-corrected chi connectivity index (χ4v) is 2.82. The molecule has 0 unspecified atom stereocenters. The topological polar surface area (TPSA) is 35.5 Å². The van der Waals surface area contributed by atoms with Crippen molar-refractivity contribution in [2.45, 2.75) is 117 Å². The monoisotopic (exact) mass is 342 g/mol. The SMILES string of the molecule is CCCCCCCCCCCCCCCOC(=O)OCCCCC. The van der Waals surface area contributed by atoms with Crippen LogP contribution >= 0.6 is 0 Å². The summed E-state index contributed by atoms with van der Waals surface area (Å²) < 4.78 is 10.1. The molecule has 0 saturated heterocycles. The summed E-state index contributed by atoms with van der Waals surface area (Å²) in [5.41, 5.74) is 0. The first kappa shape index (κ1) is 23.3. The quantitative estimate of drug-likeness (QED) is 0.192. The average Bonchev–Trinajstić information content (AvgIpc) is 2.59. The molecule has 0 aliphatic heterocycles. The Balaban J connectivity index is 3.08. The fourth-order valence-electron chi connectivity index (χ4n) is 2.82. The third-order valence-corrected chi connectivity index (χ3v) is 4.44. The van der Waals surface area contributed by atoms with Crippen LogP contribution in [0.1, 0.15) is 117 Å². The first-order chi connectivity index (χ1) is 11.8. The summed E-state index contributed by atoms with van der Waals surface area (Å²) in [7, 11) is 0. The number of unbranched alkanes of at least 4 members (excludes halogenated alkanes) is 14. The molecule has 0 aliphatic rings. The van der Waals surface area contributed by atoms with Crippen LogP contribution in [-0.2, 0) is 9.47 Å². The number of ether oxygens (including phenoxy) is 2. The predicted octanol–water partition coefficient (Wildman–Crippen LogP) is 7.42. The van der Waals surface area contributed by atoms with Crippen molar-refractivity contribution in [2.75, 3.05) is 13.2 Å². The number of carbonyl (C=O) groups excluding carboxylic acids is 1. The Morgan fingerprint density at radius 1 is 0.500 bits per heavy atom. The van der Waals surface area contributed by atoms with Crippen LogP contribution in [0.15, 0.2) is 0 Å². The van der Waals surface area contributed by atoms with Gasteiger partial charge in [-0.15, -0.1) is 0 Å². The van der Waals surface area contributed by atoms with E-state index in [1.165, 1.54) is 70.6 Å². The van der Waals surface area contributed by atoms with Gasteiger partial charge in [0.05, 0.1) is 13.2 Å². The lowest BCUT2D eigenvalue weighted by atomic mass is 10.0. The summed E-state index contributed by atoms with van der Waals surface area (Å²) in [4.78, 5) is 11.3. The minimum absolute atomic E-state index is 0.491. The number of hydrogen-bond donors (Lipinski definition) is 0. The summed E-state index contributed by atoms with van der Waals surface area (Å²) in [5.74, 6) is 0. The largest absolute Gasteiger partial charge is 0.508 e. The number of rotatable bonds is 18. The number of hydrogen-bond acceptors (Lipinski definition) is 3. The zero-order chi connectivity index (χ0) is 17.7. The van der Waals surface area contributed by atoms with Crippen LogP contribution in [0.5, 0.6) is 0 Å². The molecule has 0 rings (SSSR count). The minimum atomic E-state index is -0.495. The van der Waals surface area contributed by atoms with E-state index >= 15 is 0 Å². The molecule has 0 amide bonds. The summed E-state index contributed by atoms with van der Waals surface area (Å²) in [6.07, 6.45) is 19.9. The van der Waals surface area contributed by atoms with E-state index < -0.39 is 6.16 Å². The lowest BCUT2D eigenvalue weighted by Gasteiger charge is -2.06. The first-order valence-electron chi connectivity index (χ1n) is 10.6. The molecule has 0 spiro atoms. The van der Waals surface area contributed by atoms with Crippen molar-refractivity contribution in [3.05, 3.63) is 0 Å². The maximum Gasteiger partial charge on any atom is 0.508 e. The second kappa shape index (κ2) is 20.3. The van der Waals surface area contributed by atoms with Crippen LogP contribution < -0.4 is 0 Å². The molecule has 0 aromatic heterocycles. The van der Waals surface area contributed by atoms with Crippen molar-refractivity contribution >= 4 is 6.16 Å². The lowest BCUT2D eigenvalue weighted by molar-refractivity contribution is 0.0530. The van der Waals surface area contributed by atoms with Gasteiger partial charge in [-0.05, 0) is 12.8 Å². The van der Waals surface area contributed by atoms with Crippen LogP contribution in [0.3, 0.4) is 0 Å². The van der Waals surface area contributed by atoms with Gasteiger partial charge in [-0.2, -0.15) is 0 Å². The van der Waals surface area contributed by atoms with Gasteiger partial charge in [-0.25, -0.2) is 4.79 Å². The highest BCUT2D eigenvalue weighted by molar-refractivity contribution is 5.59. The van der Waals surface area contributed by atoms with Crippen molar-refractivity contribution in [1.82, 2.24) is 0 Å². The summed E-state index contributed by atoms with van der Waals surface area (Å²) >= 11 is 0. The molecule has 3 heteroatoms. The van der Waals surface area contributed by atoms with E-state index in [1.807, 2.05) is 0 Å². The predicted molar refractivity (Wildman–Crippen MR) is 103 cm³/mol. The maximum atomic E-state index is 11.3. The lowest BCUT2D eigenvalue weighted by Crippen LogP contribution is -2.09. The van der Waals surface area contributed by atoms with E-state index in [2.05, 4.69) is 13.8 Å². The Morgan fingerprint density at radius 2 is 0.792 bits per heavy atom. The zero-order valence-electron chi connectivity index (χ0n) is 16.5. The minimum Gasteiger partial charge on any atom is -0.434 e. The maximum absolute atomic E-state index is 11.3. The Bertz CT molecular complexity index is 253. The molecule has 0 aromatic carbocycles. The summed E-state index contributed by atoms with van der Waals surface area (Å²) in [5, 5.41) is 0. The van der Waals surface area contributed by atoms with Crippen LogP contribution in [0.2, 0.25) is 0 Å². The molecule has 0 aromatic rings. The molecule has 0 saturated carbocycles. The normalized spacial score (nSPS) is 10.8. The average molecular weight is 343 g/mol. The first-order valence-corrected chi connectivity index (χ1v) is 10.6. The van der Waals surface area contributed by atoms with Gasteiger partial charge in [0.2, 0.25) is 0 Å². The fraction of sp³-hybridized carbons (Fsp3) is 0.952. The van der Waals surface area contributed by atoms with Gasteiger partial charge in [-0.3, -0.25) is 0 Å². The molecule has 0 radical (unpaired) electrons. The van der Waals surface area contributed by atoms with Gasteiger partial charge in [-0.1, -0.05) is 104 Å². The Hall–Kier alpha value is -0.730. The molecule has 0 heterocycles. The van der Waals surface area contributed by atoms with Crippen molar-refractivity contribution in [2.24, 2.45) is 0 Å². The molecule has 3 nitrogen and oxygen atoms in total. The van der Waals surface area contributed by atoms with E-state index in [0.717, 1.165) is 32.1 Å². The standard InChI is InChI=1S/C21H42O3/c1-3-5-7-8-9-10-11-12-13-14-15-16-18-20-24-21(22)23-19-17-6-4-2/h3-20H2,1-2H3. The van der Waals surface area contributed by atoms with Crippen LogP contribution in [-0.4, -0.2) is 19.4 Å². The molecular weight excluding hydrogens is 300 g/mol. The third kappa shape index (κ3) is 19.3. The molecule has 144 valence electrons. The van der Waals surface area contributed by atoms with Crippen LogP contribution in [0.4, 0.5) is 4.79 Å². The molecule has 0 bridgehead atoms. The van der Waals surface area contributed by atoms with Gasteiger partial charge < -0.3 is 9.47 Å². The highest BCUT2D eigenvalue weighted by Gasteiger charge is 2.02. The Kier molecular flexibility index (Phi) is 19.7. The van der Waals surface area contributed by atoms with Crippen LogP contribution in [0, 0.1) is 0 Å². The number of carbonyl (C=O) groups is 1. The van der Waals surface area contributed by atoms with Gasteiger partial charge in [0.15, 0.2) is 0 Å². The van der Waals surface area contributed by atoms with Crippen molar-refractivity contribution in [1.29, 1.82) is 0 Å². The Morgan fingerprint density at radius 3 is 1.21 bits per heavy atom. The smallest absolute Gasteiger partial charge is 0.434 e. The van der Waals surface area contributed by atoms with Gasteiger partial charge in [0, 0.05) is 0 Å². The zero-order valence-corrected chi connectivity index (χ0v) is 16.5. The van der Waals surface area contributed by atoms with Gasteiger partial charge in [0.1, 0.15) is 0 Å². The van der Waals surface area contributed by atoms with E-state index in [0.29, 0.717) is 13.2 Å². The Labute approximate surface area is 150 Å². The van der Waals surface area contributed by atoms with Gasteiger partial charge in [0.25, 0.3) is 0 Å². The van der Waals surface area contributed by atoms with E-state index in [-0.39, 0.29) is 0 Å². The van der Waals surface area contributed by atoms with Crippen LogP contribution in [0.25, 0.3) is 0 Å². The van der Waals surface area contributed by atoms with E-state index in [4.69, 9.17) is 9.47 Å². The van der Waals surface area contributed by atoms with Gasteiger partial charge >= 0.3 is 6.16 Å².